The Morgan fingerprint density at radius 3 is 2.84 bits per heavy atom. The topological polar surface area (TPSA) is 47.3 Å². The summed E-state index contributed by atoms with van der Waals surface area (Å²) in [5.41, 5.74) is 2.05. The van der Waals surface area contributed by atoms with E-state index in [1.54, 1.807) is 7.11 Å². The molecule has 0 bridgehead atoms. The first kappa shape index (κ1) is 12.2. The van der Waals surface area contributed by atoms with Crippen LogP contribution in [0.2, 0.25) is 0 Å². The maximum atomic E-state index is 9.42. The largest absolute Gasteiger partial charge is 0.497 e. The smallest absolute Gasteiger partial charge is 0.118 e. The summed E-state index contributed by atoms with van der Waals surface area (Å²) in [5.74, 6) is 1.93. The van der Waals surface area contributed by atoms with Crippen LogP contribution >= 0.6 is 0 Å². The number of methoxy groups -OCH3 is 1. The first-order valence-electron chi connectivity index (χ1n) is 6.65. The first-order chi connectivity index (χ1) is 9.31. The lowest BCUT2D eigenvalue weighted by Gasteiger charge is -2.22. The van der Waals surface area contributed by atoms with Gasteiger partial charge in [-0.2, -0.15) is 0 Å². The van der Waals surface area contributed by atoms with Crippen molar-refractivity contribution >= 4 is 0 Å². The Morgan fingerprint density at radius 2 is 2.16 bits per heavy atom. The molecule has 0 fully saturated rings. The van der Waals surface area contributed by atoms with Crippen molar-refractivity contribution < 1.29 is 9.84 Å². The summed E-state index contributed by atoms with van der Waals surface area (Å²) in [6.07, 6.45) is 5.18. The minimum absolute atomic E-state index is 0.184. The zero-order chi connectivity index (χ0) is 13.2. The minimum Gasteiger partial charge on any atom is -0.497 e. The van der Waals surface area contributed by atoms with Crippen LogP contribution in [-0.2, 0) is 6.42 Å². The number of benzene rings is 1. The predicted octanol–water partition coefficient (Wildman–Crippen LogP) is 2.43. The highest BCUT2D eigenvalue weighted by atomic mass is 16.5. The van der Waals surface area contributed by atoms with Gasteiger partial charge >= 0.3 is 0 Å². The van der Waals surface area contributed by atoms with E-state index in [9.17, 15) is 5.11 Å². The van der Waals surface area contributed by atoms with Crippen LogP contribution in [0.25, 0.3) is 11.3 Å². The molecule has 3 rings (SSSR count). The average molecular weight is 258 g/mol. The number of imidazole rings is 1. The lowest BCUT2D eigenvalue weighted by Crippen LogP contribution is -2.20. The second-order valence-corrected chi connectivity index (χ2v) is 4.91. The van der Waals surface area contributed by atoms with Crippen molar-refractivity contribution in [3.8, 4) is 17.0 Å². The number of aromatic nitrogens is 2. The van der Waals surface area contributed by atoms with E-state index in [4.69, 9.17) is 4.74 Å². The van der Waals surface area contributed by atoms with E-state index in [2.05, 4.69) is 15.7 Å². The van der Waals surface area contributed by atoms with Crippen LogP contribution in [0, 0.1) is 0 Å². The van der Waals surface area contributed by atoms with Gasteiger partial charge in [0.2, 0.25) is 0 Å². The van der Waals surface area contributed by atoms with Gasteiger partial charge in [0, 0.05) is 18.2 Å². The van der Waals surface area contributed by atoms with Crippen LogP contribution < -0.4 is 4.74 Å². The summed E-state index contributed by atoms with van der Waals surface area (Å²) in [5, 5.41) is 9.42. The van der Waals surface area contributed by atoms with Crippen LogP contribution in [0.4, 0.5) is 0 Å². The molecule has 0 saturated heterocycles. The number of aryl methyl sites for hydroxylation is 1. The van der Waals surface area contributed by atoms with Crippen molar-refractivity contribution in [1.29, 1.82) is 0 Å². The molecule has 0 radical (unpaired) electrons. The molecule has 1 unspecified atom stereocenters. The highest BCUT2D eigenvalue weighted by molar-refractivity contribution is 5.59. The van der Waals surface area contributed by atoms with E-state index in [1.165, 1.54) is 0 Å². The van der Waals surface area contributed by atoms with Gasteiger partial charge in [0.15, 0.2) is 0 Å². The van der Waals surface area contributed by atoms with Crippen molar-refractivity contribution in [2.45, 2.75) is 25.3 Å². The third kappa shape index (κ3) is 2.24. The zero-order valence-corrected chi connectivity index (χ0v) is 11.0. The standard InChI is InChI=1S/C15H18N2O2/c1-19-13-7-5-11(6-8-13)14-9-17-12(10-18)3-2-4-15(17)16-14/h5-9,12,18H,2-4,10H2,1H3. The van der Waals surface area contributed by atoms with E-state index < -0.39 is 0 Å². The first-order valence-corrected chi connectivity index (χ1v) is 6.65. The fourth-order valence-corrected chi connectivity index (χ4v) is 2.65. The Morgan fingerprint density at radius 1 is 1.37 bits per heavy atom. The SMILES string of the molecule is COc1ccc(-c2cn3c(n2)CCCC3CO)cc1. The molecule has 2 heterocycles. The molecule has 2 aromatic rings. The molecule has 0 aliphatic carbocycles. The molecule has 19 heavy (non-hydrogen) atoms. The van der Waals surface area contributed by atoms with E-state index >= 15 is 0 Å². The van der Waals surface area contributed by atoms with Crippen LogP contribution in [-0.4, -0.2) is 28.4 Å². The second kappa shape index (κ2) is 5.05. The number of nitrogens with zero attached hydrogens (tertiary/aromatic N) is 2. The monoisotopic (exact) mass is 258 g/mol. The fraction of sp³-hybridized carbons (Fsp3) is 0.400. The summed E-state index contributed by atoms with van der Waals surface area (Å²) in [7, 11) is 1.66. The van der Waals surface area contributed by atoms with Crippen molar-refractivity contribution in [2.75, 3.05) is 13.7 Å². The fourth-order valence-electron chi connectivity index (χ4n) is 2.65. The van der Waals surface area contributed by atoms with Crippen molar-refractivity contribution in [1.82, 2.24) is 9.55 Å². The van der Waals surface area contributed by atoms with Gasteiger partial charge < -0.3 is 14.4 Å². The van der Waals surface area contributed by atoms with Crippen LogP contribution in [0.1, 0.15) is 24.7 Å². The number of ether oxygens (including phenoxy) is 1. The van der Waals surface area contributed by atoms with Gasteiger partial charge in [0.05, 0.1) is 25.5 Å². The molecule has 0 spiro atoms. The third-order valence-electron chi connectivity index (χ3n) is 3.74. The number of rotatable bonds is 3. The van der Waals surface area contributed by atoms with Crippen molar-refractivity contribution in [3.63, 3.8) is 0 Å². The Bertz CT molecular complexity index is 560. The molecular formula is C15H18N2O2. The maximum Gasteiger partial charge on any atom is 0.118 e. The summed E-state index contributed by atoms with van der Waals surface area (Å²) >= 11 is 0. The molecule has 1 aliphatic rings. The number of hydrogen-bond donors (Lipinski definition) is 1. The van der Waals surface area contributed by atoms with Gasteiger partial charge in [-0.3, -0.25) is 0 Å². The molecule has 100 valence electrons. The molecule has 0 saturated carbocycles. The lowest BCUT2D eigenvalue weighted by atomic mass is 10.1. The van der Waals surface area contributed by atoms with Crippen LogP contribution in [0.3, 0.4) is 0 Å². The summed E-state index contributed by atoms with van der Waals surface area (Å²) in [4.78, 5) is 4.69. The number of aliphatic hydroxyl groups excluding tert-OH is 1. The molecule has 0 amide bonds. The maximum absolute atomic E-state index is 9.42. The molecule has 1 aromatic heterocycles. The summed E-state index contributed by atoms with van der Waals surface area (Å²) in [6, 6.07) is 8.10. The van der Waals surface area contributed by atoms with E-state index in [0.29, 0.717) is 0 Å². The molecule has 4 nitrogen and oxygen atoms in total. The summed E-state index contributed by atoms with van der Waals surface area (Å²) < 4.78 is 7.29. The van der Waals surface area contributed by atoms with Crippen molar-refractivity contribution in [3.05, 3.63) is 36.3 Å². The van der Waals surface area contributed by atoms with Gasteiger partial charge in [-0.25, -0.2) is 4.98 Å². The summed E-state index contributed by atoms with van der Waals surface area (Å²) in [6.45, 7) is 0.186. The van der Waals surface area contributed by atoms with Gasteiger partial charge in [-0.1, -0.05) is 0 Å². The van der Waals surface area contributed by atoms with Crippen LogP contribution in [0.15, 0.2) is 30.5 Å². The Balaban J connectivity index is 1.95. The van der Waals surface area contributed by atoms with Crippen molar-refractivity contribution in [2.24, 2.45) is 0 Å². The number of fused-ring (bicyclic) bond motifs is 1. The highest BCUT2D eigenvalue weighted by Gasteiger charge is 2.21. The molecular weight excluding hydrogens is 240 g/mol. The van der Waals surface area contributed by atoms with Gasteiger partial charge in [-0.15, -0.1) is 0 Å². The van der Waals surface area contributed by atoms with Gasteiger partial charge in [0.25, 0.3) is 0 Å². The van der Waals surface area contributed by atoms with Gasteiger partial charge in [-0.05, 0) is 37.1 Å². The molecule has 4 heteroatoms. The number of aliphatic hydroxyl groups is 1. The molecule has 1 aliphatic heterocycles. The van der Waals surface area contributed by atoms with E-state index in [1.807, 2.05) is 24.3 Å². The highest BCUT2D eigenvalue weighted by Crippen LogP contribution is 2.28. The predicted molar refractivity (Wildman–Crippen MR) is 73.3 cm³/mol. The molecule has 1 aromatic carbocycles. The van der Waals surface area contributed by atoms with E-state index in [0.717, 1.165) is 42.1 Å². The zero-order valence-electron chi connectivity index (χ0n) is 11.0. The quantitative estimate of drug-likeness (QED) is 0.919. The Kier molecular flexibility index (Phi) is 3.25. The Labute approximate surface area is 112 Å². The third-order valence-corrected chi connectivity index (χ3v) is 3.74. The van der Waals surface area contributed by atoms with Gasteiger partial charge in [0.1, 0.15) is 11.6 Å². The Hall–Kier alpha value is -1.81. The minimum atomic E-state index is 0.184. The lowest BCUT2D eigenvalue weighted by molar-refractivity contribution is 0.206. The molecule has 1 N–H and O–H groups in total. The average Bonchev–Trinajstić information content (AvgIpc) is 2.91. The van der Waals surface area contributed by atoms with E-state index in [-0.39, 0.29) is 12.6 Å². The van der Waals surface area contributed by atoms with Crippen LogP contribution in [0.5, 0.6) is 5.75 Å². The molecule has 1 atom stereocenters. The second-order valence-electron chi connectivity index (χ2n) is 4.91. The number of hydrogen-bond acceptors (Lipinski definition) is 3. The normalized spacial score (nSPS) is 18.1.